The normalized spacial score (nSPS) is 14.5. The number of rotatable bonds is 2. The van der Waals surface area contributed by atoms with Gasteiger partial charge in [-0.05, 0) is 19.1 Å². The van der Waals surface area contributed by atoms with Crippen LogP contribution in [0.25, 0.3) is 10.9 Å². The second-order valence-corrected chi connectivity index (χ2v) is 7.05. The number of aryl methyl sites for hydroxylation is 1. The molecule has 0 aliphatic carbocycles. The summed E-state index contributed by atoms with van der Waals surface area (Å²) in [6, 6.07) is 10.6. The number of hydrogen-bond donors (Lipinski definition) is 0. The lowest BCUT2D eigenvalue weighted by Gasteiger charge is -2.30. The van der Waals surface area contributed by atoms with Crippen molar-refractivity contribution in [1.29, 1.82) is 0 Å². The van der Waals surface area contributed by atoms with Gasteiger partial charge in [0.05, 0.1) is 17.8 Å². The lowest BCUT2D eigenvalue weighted by molar-refractivity contribution is 0.663. The largest absolute Gasteiger partial charge is 0.365 e. The van der Waals surface area contributed by atoms with Crippen molar-refractivity contribution in [1.82, 2.24) is 14.5 Å². The Bertz CT molecular complexity index is 907. The molecule has 1 aromatic carbocycles. The molecule has 0 unspecified atom stereocenters. The average Bonchev–Trinajstić information content (AvgIpc) is 2.90. The standard InChI is InChI=1S/C20H24N4/c1-13(2)20-22-17-12-24(10-9-18(17)23(20)4)19-11-14(3)21-16-8-6-5-7-15(16)19/h5-8,11,13H,9-10,12H2,1-4H3. The van der Waals surface area contributed by atoms with Crippen molar-refractivity contribution in [2.75, 3.05) is 11.4 Å². The van der Waals surface area contributed by atoms with Crippen molar-refractivity contribution in [3.05, 3.63) is 53.2 Å². The van der Waals surface area contributed by atoms with Gasteiger partial charge in [0, 0.05) is 48.4 Å². The first kappa shape index (κ1) is 15.2. The molecule has 4 rings (SSSR count). The molecule has 0 amide bonds. The van der Waals surface area contributed by atoms with Crippen LogP contribution in [0.1, 0.15) is 42.7 Å². The molecule has 0 saturated carbocycles. The topological polar surface area (TPSA) is 34.0 Å². The number of anilines is 1. The van der Waals surface area contributed by atoms with Crippen LogP contribution in [-0.4, -0.2) is 21.1 Å². The summed E-state index contributed by atoms with van der Waals surface area (Å²) in [4.78, 5) is 12.1. The van der Waals surface area contributed by atoms with Gasteiger partial charge < -0.3 is 9.47 Å². The highest BCUT2D eigenvalue weighted by Gasteiger charge is 2.24. The van der Waals surface area contributed by atoms with Crippen molar-refractivity contribution in [3.8, 4) is 0 Å². The quantitative estimate of drug-likeness (QED) is 0.716. The van der Waals surface area contributed by atoms with Gasteiger partial charge in [0.25, 0.3) is 0 Å². The number of nitrogens with zero attached hydrogens (tertiary/aromatic N) is 4. The smallest absolute Gasteiger partial charge is 0.111 e. The molecular formula is C20H24N4. The van der Waals surface area contributed by atoms with E-state index in [4.69, 9.17) is 4.98 Å². The molecular weight excluding hydrogens is 296 g/mol. The van der Waals surface area contributed by atoms with E-state index in [1.807, 2.05) is 0 Å². The van der Waals surface area contributed by atoms with E-state index in [-0.39, 0.29) is 0 Å². The van der Waals surface area contributed by atoms with Gasteiger partial charge in [-0.15, -0.1) is 0 Å². The number of aromatic nitrogens is 3. The Morgan fingerprint density at radius 3 is 2.71 bits per heavy atom. The third-order valence-electron chi connectivity index (χ3n) is 4.97. The van der Waals surface area contributed by atoms with Crippen LogP contribution in [0.4, 0.5) is 5.69 Å². The fraction of sp³-hybridized carbons (Fsp3) is 0.400. The van der Waals surface area contributed by atoms with Gasteiger partial charge in [0.15, 0.2) is 0 Å². The summed E-state index contributed by atoms with van der Waals surface area (Å²) in [5, 5.41) is 1.23. The van der Waals surface area contributed by atoms with Gasteiger partial charge in [-0.3, -0.25) is 4.98 Å². The molecule has 4 nitrogen and oxygen atoms in total. The predicted molar refractivity (Wildman–Crippen MR) is 98.5 cm³/mol. The Balaban J connectivity index is 1.77. The number of benzene rings is 1. The Morgan fingerprint density at radius 2 is 1.92 bits per heavy atom. The summed E-state index contributed by atoms with van der Waals surface area (Å²) in [5.74, 6) is 1.65. The molecule has 0 bridgehead atoms. The van der Waals surface area contributed by atoms with Crippen LogP contribution in [0.3, 0.4) is 0 Å². The van der Waals surface area contributed by atoms with E-state index in [0.29, 0.717) is 5.92 Å². The maximum atomic E-state index is 4.93. The minimum atomic E-state index is 0.457. The van der Waals surface area contributed by atoms with Crippen LogP contribution in [0.5, 0.6) is 0 Å². The summed E-state index contributed by atoms with van der Waals surface area (Å²) in [6.45, 7) is 8.40. The third-order valence-corrected chi connectivity index (χ3v) is 4.97. The molecule has 0 spiro atoms. The molecule has 2 aromatic heterocycles. The minimum Gasteiger partial charge on any atom is -0.365 e. The van der Waals surface area contributed by atoms with Crippen molar-refractivity contribution in [2.24, 2.45) is 7.05 Å². The van der Waals surface area contributed by atoms with Crippen LogP contribution < -0.4 is 4.90 Å². The van der Waals surface area contributed by atoms with Crippen molar-refractivity contribution in [2.45, 2.75) is 39.7 Å². The Hall–Kier alpha value is -2.36. The lowest BCUT2D eigenvalue weighted by atomic mass is 10.1. The number of fused-ring (bicyclic) bond motifs is 2. The van der Waals surface area contributed by atoms with E-state index in [2.05, 4.69) is 72.6 Å². The molecule has 124 valence electrons. The Morgan fingerprint density at radius 1 is 1.12 bits per heavy atom. The van der Waals surface area contributed by atoms with Crippen LogP contribution >= 0.6 is 0 Å². The summed E-state index contributed by atoms with van der Waals surface area (Å²) < 4.78 is 2.30. The zero-order chi connectivity index (χ0) is 16.8. The molecule has 0 saturated heterocycles. The zero-order valence-electron chi connectivity index (χ0n) is 14.9. The summed E-state index contributed by atoms with van der Waals surface area (Å²) in [5.41, 5.74) is 6.04. The van der Waals surface area contributed by atoms with E-state index in [1.165, 1.54) is 28.3 Å². The monoisotopic (exact) mass is 320 g/mol. The summed E-state index contributed by atoms with van der Waals surface area (Å²) in [6.07, 6.45) is 1.04. The molecule has 1 aliphatic rings. The Labute approximate surface area is 143 Å². The maximum Gasteiger partial charge on any atom is 0.111 e. The molecule has 4 heteroatoms. The molecule has 3 heterocycles. The van der Waals surface area contributed by atoms with Crippen LogP contribution in [0.2, 0.25) is 0 Å². The van der Waals surface area contributed by atoms with Crippen LogP contribution in [-0.2, 0) is 20.0 Å². The summed E-state index contributed by atoms with van der Waals surface area (Å²) in [7, 11) is 2.16. The Kier molecular flexibility index (Phi) is 3.56. The highest BCUT2D eigenvalue weighted by molar-refractivity contribution is 5.92. The number of para-hydroxylation sites is 1. The second kappa shape index (κ2) is 5.62. The molecule has 24 heavy (non-hydrogen) atoms. The molecule has 0 fully saturated rings. The van der Waals surface area contributed by atoms with Crippen LogP contribution in [0, 0.1) is 6.92 Å². The first-order valence-corrected chi connectivity index (χ1v) is 8.70. The van der Waals surface area contributed by atoms with Crippen molar-refractivity contribution >= 4 is 16.6 Å². The molecule has 0 N–H and O–H groups in total. The van der Waals surface area contributed by atoms with E-state index in [1.54, 1.807) is 0 Å². The lowest BCUT2D eigenvalue weighted by Crippen LogP contribution is -2.31. The van der Waals surface area contributed by atoms with Gasteiger partial charge in [0.1, 0.15) is 5.82 Å². The highest BCUT2D eigenvalue weighted by Crippen LogP contribution is 2.31. The van der Waals surface area contributed by atoms with Gasteiger partial charge in [-0.2, -0.15) is 0 Å². The fourth-order valence-electron chi connectivity index (χ4n) is 3.82. The number of imidazole rings is 1. The third kappa shape index (κ3) is 2.37. The minimum absolute atomic E-state index is 0.457. The maximum absolute atomic E-state index is 4.93. The molecule has 1 aliphatic heterocycles. The SMILES string of the molecule is Cc1cc(N2CCc3c(nc(C(C)C)n3C)C2)c2ccccc2n1. The number of hydrogen-bond acceptors (Lipinski definition) is 3. The van der Waals surface area contributed by atoms with E-state index < -0.39 is 0 Å². The van der Waals surface area contributed by atoms with Crippen molar-refractivity contribution < 1.29 is 0 Å². The average molecular weight is 320 g/mol. The first-order valence-electron chi connectivity index (χ1n) is 8.70. The van der Waals surface area contributed by atoms with Gasteiger partial charge in [-0.25, -0.2) is 4.98 Å². The zero-order valence-corrected chi connectivity index (χ0v) is 14.9. The fourth-order valence-corrected chi connectivity index (χ4v) is 3.82. The highest BCUT2D eigenvalue weighted by atomic mass is 15.2. The summed E-state index contributed by atoms with van der Waals surface area (Å²) >= 11 is 0. The molecule has 3 aromatic rings. The van der Waals surface area contributed by atoms with E-state index >= 15 is 0 Å². The van der Waals surface area contributed by atoms with E-state index in [0.717, 1.165) is 30.7 Å². The number of pyridine rings is 1. The molecule has 0 atom stereocenters. The van der Waals surface area contributed by atoms with Gasteiger partial charge in [-0.1, -0.05) is 32.0 Å². The predicted octanol–water partition coefficient (Wildman–Crippen LogP) is 3.96. The second-order valence-electron chi connectivity index (χ2n) is 7.05. The van der Waals surface area contributed by atoms with Crippen LogP contribution in [0.15, 0.2) is 30.3 Å². The first-order chi connectivity index (χ1) is 11.5. The van der Waals surface area contributed by atoms with Gasteiger partial charge in [0.2, 0.25) is 0 Å². The molecule has 0 radical (unpaired) electrons. The van der Waals surface area contributed by atoms with E-state index in [9.17, 15) is 0 Å². The van der Waals surface area contributed by atoms with Gasteiger partial charge >= 0.3 is 0 Å². The van der Waals surface area contributed by atoms with Crippen molar-refractivity contribution in [3.63, 3.8) is 0 Å².